The molecule has 0 aromatic heterocycles. The van der Waals surface area contributed by atoms with Gasteiger partial charge in [-0.2, -0.15) is 9.57 Å². The van der Waals surface area contributed by atoms with Gasteiger partial charge in [0.1, 0.15) is 5.82 Å². The molecule has 0 saturated carbocycles. The zero-order valence-corrected chi connectivity index (χ0v) is 14.2. The zero-order valence-electron chi connectivity index (χ0n) is 11.8. The standard InChI is InChI=1S/C13H17BrFN3O2S/c1-9(2)8-18(5-3-4-16)21(19,20)13-7-12(17)11(15)6-10(13)14/h6-7,9H,3,5,8,17H2,1-2H3. The number of benzene rings is 1. The maximum absolute atomic E-state index is 13.4. The summed E-state index contributed by atoms with van der Waals surface area (Å²) in [4.78, 5) is -0.0972. The van der Waals surface area contributed by atoms with E-state index < -0.39 is 15.8 Å². The summed E-state index contributed by atoms with van der Waals surface area (Å²) in [6, 6.07) is 4.05. The Morgan fingerprint density at radius 1 is 1.48 bits per heavy atom. The van der Waals surface area contributed by atoms with Crippen LogP contribution >= 0.6 is 15.9 Å². The predicted molar refractivity (Wildman–Crippen MR) is 82.3 cm³/mol. The minimum Gasteiger partial charge on any atom is -0.396 e. The van der Waals surface area contributed by atoms with Gasteiger partial charge in [0.05, 0.1) is 16.7 Å². The molecule has 1 rings (SSSR count). The SMILES string of the molecule is CC(C)CN(CCC#N)S(=O)(=O)c1cc(N)c(F)cc1Br. The minimum absolute atomic E-state index is 0.0836. The Morgan fingerprint density at radius 2 is 2.10 bits per heavy atom. The predicted octanol–water partition coefficient (Wildman–Crippen LogP) is 2.73. The Kier molecular flexibility index (Phi) is 6.13. The lowest BCUT2D eigenvalue weighted by Gasteiger charge is -2.23. The molecule has 0 aliphatic rings. The number of nitriles is 1. The van der Waals surface area contributed by atoms with Crippen molar-refractivity contribution < 1.29 is 12.8 Å². The summed E-state index contributed by atoms with van der Waals surface area (Å²) in [6.07, 6.45) is 0.0836. The third-order valence-electron chi connectivity index (χ3n) is 2.71. The lowest BCUT2D eigenvalue weighted by molar-refractivity contribution is 0.372. The lowest BCUT2D eigenvalue weighted by atomic mass is 10.2. The first-order valence-corrected chi connectivity index (χ1v) is 8.55. The molecule has 0 bridgehead atoms. The molecule has 0 atom stereocenters. The van der Waals surface area contributed by atoms with Crippen molar-refractivity contribution in [1.29, 1.82) is 5.26 Å². The third-order valence-corrected chi connectivity index (χ3v) is 5.53. The molecule has 0 aliphatic carbocycles. The van der Waals surface area contributed by atoms with Crippen molar-refractivity contribution in [3.8, 4) is 6.07 Å². The first-order chi connectivity index (χ1) is 9.70. The maximum Gasteiger partial charge on any atom is 0.244 e. The van der Waals surface area contributed by atoms with Crippen molar-refractivity contribution in [2.75, 3.05) is 18.8 Å². The summed E-state index contributed by atoms with van der Waals surface area (Å²) in [6.45, 7) is 4.11. The van der Waals surface area contributed by atoms with Gasteiger partial charge in [-0.25, -0.2) is 12.8 Å². The van der Waals surface area contributed by atoms with Crippen LogP contribution in [0.4, 0.5) is 10.1 Å². The average Bonchev–Trinajstić information content (AvgIpc) is 2.38. The maximum atomic E-state index is 13.4. The van der Waals surface area contributed by atoms with Gasteiger partial charge >= 0.3 is 0 Å². The topological polar surface area (TPSA) is 87.2 Å². The molecule has 21 heavy (non-hydrogen) atoms. The molecule has 0 spiro atoms. The molecule has 0 unspecified atom stereocenters. The zero-order chi connectivity index (χ0) is 16.2. The van der Waals surface area contributed by atoms with E-state index in [1.807, 2.05) is 19.9 Å². The first-order valence-electron chi connectivity index (χ1n) is 6.31. The normalized spacial score (nSPS) is 11.9. The molecule has 116 valence electrons. The van der Waals surface area contributed by atoms with Gasteiger partial charge in [-0.05, 0) is 34.0 Å². The minimum atomic E-state index is -3.85. The number of hydrogen-bond donors (Lipinski definition) is 1. The average molecular weight is 378 g/mol. The Bertz CT molecular complexity index is 656. The summed E-state index contributed by atoms with van der Waals surface area (Å²) in [5.41, 5.74) is 5.22. The molecule has 0 fully saturated rings. The van der Waals surface area contributed by atoms with Gasteiger partial charge in [0.15, 0.2) is 0 Å². The lowest BCUT2D eigenvalue weighted by Crippen LogP contribution is -2.35. The van der Waals surface area contributed by atoms with Crippen LogP contribution in [0.2, 0.25) is 0 Å². The number of nitrogens with zero attached hydrogens (tertiary/aromatic N) is 2. The molecular formula is C13H17BrFN3O2S. The number of nitrogens with two attached hydrogens (primary N) is 1. The van der Waals surface area contributed by atoms with Gasteiger partial charge in [0.25, 0.3) is 0 Å². The van der Waals surface area contributed by atoms with E-state index in [1.54, 1.807) is 0 Å². The Labute approximate surface area is 132 Å². The van der Waals surface area contributed by atoms with E-state index in [9.17, 15) is 12.8 Å². The van der Waals surface area contributed by atoms with E-state index in [4.69, 9.17) is 11.0 Å². The fourth-order valence-corrected chi connectivity index (χ4v) is 4.39. The Morgan fingerprint density at radius 3 is 2.62 bits per heavy atom. The van der Waals surface area contributed by atoms with Crippen LogP contribution in [-0.4, -0.2) is 25.8 Å². The van der Waals surface area contributed by atoms with Crippen LogP contribution in [0.3, 0.4) is 0 Å². The highest BCUT2D eigenvalue weighted by molar-refractivity contribution is 9.10. The number of sulfonamides is 1. The van der Waals surface area contributed by atoms with Crippen LogP contribution in [0.1, 0.15) is 20.3 Å². The monoisotopic (exact) mass is 377 g/mol. The van der Waals surface area contributed by atoms with Crippen molar-refractivity contribution in [3.05, 3.63) is 22.4 Å². The highest BCUT2D eigenvalue weighted by Crippen LogP contribution is 2.29. The quantitative estimate of drug-likeness (QED) is 0.771. The number of nitrogen functional groups attached to an aromatic ring is 1. The van der Waals surface area contributed by atoms with Gasteiger partial charge in [0.2, 0.25) is 10.0 Å². The first kappa shape index (κ1) is 17.9. The van der Waals surface area contributed by atoms with Crippen molar-refractivity contribution in [2.24, 2.45) is 5.92 Å². The van der Waals surface area contributed by atoms with Crippen molar-refractivity contribution in [3.63, 3.8) is 0 Å². The van der Waals surface area contributed by atoms with E-state index in [-0.39, 0.29) is 40.5 Å². The molecule has 0 saturated heterocycles. The second-order valence-electron chi connectivity index (χ2n) is 4.97. The molecule has 1 aromatic carbocycles. The van der Waals surface area contributed by atoms with Crippen LogP contribution in [0, 0.1) is 23.1 Å². The molecule has 0 amide bonds. The summed E-state index contributed by atoms with van der Waals surface area (Å²) < 4.78 is 40.0. The molecule has 0 heterocycles. The molecule has 0 aliphatic heterocycles. The molecule has 5 nitrogen and oxygen atoms in total. The fraction of sp³-hybridized carbons (Fsp3) is 0.462. The number of halogens is 2. The van der Waals surface area contributed by atoms with Crippen LogP contribution in [0.5, 0.6) is 0 Å². The molecule has 1 aromatic rings. The van der Waals surface area contributed by atoms with Crippen LogP contribution < -0.4 is 5.73 Å². The molecule has 8 heteroatoms. The van der Waals surface area contributed by atoms with Crippen LogP contribution in [0.15, 0.2) is 21.5 Å². The Balaban J connectivity index is 3.28. The van der Waals surface area contributed by atoms with Gasteiger partial charge in [-0.15, -0.1) is 0 Å². The largest absolute Gasteiger partial charge is 0.396 e. The molecule has 0 radical (unpaired) electrons. The van der Waals surface area contributed by atoms with Gasteiger partial charge in [0, 0.05) is 24.0 Å². The number of anilines is 1. The molecule has 2 N–H and O–H groups in total. The number of hydrogen-bond acceptors (Lipinski definition) is 4. The number of rotatable bonds is 6. The summed E-state index contributed by atoms with van der Waals surface area (Å²) in [7, 11) is -3.85. The van der Waals surface area contributed by atoms with Crippen LogP contribution in [-0.2, 0) is 10.0 Å². The van der Waals surface area contributed by atoms with E-state index >= 15 is 0 Å². The fourth-order valence-electron chi connectivity index (χ4n) is 1.77. The smallest absolute Gasteiger partial charge is 0.244 e. The van der Waals surface area contributed by atoms with Gasteiger partial charge < -0.3 is 5.73 Å². The third kappa shape index (κ3) is 4.40. The summed E-state index contributed by atoms with van der Waals surface area (Å²) in [5, 5.41) is 8.67. The highest BCUT2D eigenvalue weighted by atomic mass is 79.9. The van der Waals surface area contributed by atoms with Gasteiger partial charge in [-0.1, -0.05) is 13.8 Å². The summed E-state index contributed by atoms with van der Waals surface area (Å²) >= 11 is 3.05. The Hall–Kier alpha value is -1.17. The van der Waals surface area contributed by atoms with Gasteiger partial charge in [-0.3, -0.25) is 0 Å². The second kappa shape index (κ2) is 7.20. The van der Waals surface area contributed by atoms with E-state index in [0.29, 0.717) is 0 Å². The van der Waals surface area contributed by atoms with E-state index in [0.717, 1.165) is 12.1 Å². The van der Waals surface area contributed by atoms with Crippen molar-refractivity contribution in [1.82, 2.24) is 4.31 Å². The summed E-state index contributed by atoms with van der Waals surface area (Å²) in [5.74, 6) is -0.594. The highest BCUT2D eigenvalue weighted by Gasteiger charge is 2.27. The molecular weight excluding hydrogens is 361 g/mol. The van der Waals surface area contributed by atoms with E-state index in [2.05, 4.69) is 15.9 Å². The van der Waals surface area contributed by atoms with Crippen LogP contribution in [0.25, 0.3) is 0 Å². The van der Waals surface area contributed by atoms with Crippen molar-refractivity contribution in [2.45, 2.75) is 25.2 Å². The van der Waals surface area contributed by atoms with E-state index in [1.165, 1.54) is 4.31 Å². The second-order valence-corrected chi connectivity index (χ2v) is 7.73. The van der Waals surface area contributed by atoms with Crippen molar-refractivity contribution >= 4 is 31.6 Å².